The molecule has 0 aliphatic carbocycles. The number of H-pyrrole nitrogens is 1. The lowest BCUT2D eigenvalue weighted by molar-refractivity contribution is 0.101. The maximum atomic E-state index is 12.8. The van der Waals surface area contributed by atoms with E-state index in [0.29, 0.717) is 45.4 Å². The Morgan fingerprint density at radius 3 is 2.06 bits per heavy atom. The van der Waals surface area contributed by atoms with Gasteiger partial charge in [0, 0.05) is 16.8 Å². The molecule has 2 amide bonds. The van der Waals surface area contributed by atoms with Crippen LogP contribution in [0.3, 0.4) is 0 Å². The van der Waals surface area contributed by atoms with Gasteiger partial charge in [-0.3, -0.25) is 14.7 Å². The summed E-state index contributed by atoms with van der Waals surface area (Å²) in [4.78, 5) is 25.5. The Morgan fingerprint density at radius 2 is 1.52 bits per heavy atom. The van der Waals surface area contributed by atoms with E-state index in [0.717, 1.165) is 5.69 Å². The maximum Gasteiger partial charge on any atom is 0.255 e. The summed E-state index contributed by atoms with van der Waals surface area (Å²) in [5.74, 6) is 0.428. The SMILES string of the molecule is COc1cc(C(=O)Nc2cccc(C(=O)Nc3c(C)n[nH]c3C)c2)cc(OC)c1OC. The number of carbonyl (C=O) groups excluding carboxylic acids is 2. The van der Waals surface area contributed by atoms with E-state index >= 15 is 0 Å². The minimum absolute atomic E-state index is 0.309. The third kappa shape index (κ3) is 4.61. The molecule has 0 spiro atoms. The molecule has 3 rings (SSSR count). The third-order valence-electron chi connectivity index (χ3n) is 4.68. The van der Waals surface area contributed by atoms with Crippen molar-refractivity contribution in [3.8, 4) is 17.2 Å². The quantitative estimate of drug-likeness (QED) is 0.534. The highest BCUT2D eigenvalue weighted by Crippen LogP contribution is 2.38. The molecule has 1 heterocycles. The van der Waals surface area contributed by atoms with Crippen molar-refractivity contribution in [1.82, 2.24) is 10.2 Å². The molecule has 9 heteroatoms. The number of amides is 2. The van der Waals surface area contributed by atoms with Crippen LogP contribution in [0.2, 0.25) is 0 Å². The van der Waals surface area contributed by atoms with Crippen LogP contribution >= 0.6 is 0 Å². The average Bonchev–Trinajstić information content (AvgIpc) is 3.10. The van der Waals surface area contributed by atoms with Gasteiger partial charge in [0.15, 0.2) is 11.5 Å². The Morgan fingerprint density at radius 1 is 0.871 bits per heavy atom. The van der Waals surface area contributed by atoms with Crippen LogP contribution in [0.1, 0.15) is 32.1 Å². The molecule has 2 aromatic carbocycles. The lowest BCUT2D eigenvalue weighted by Gasteiger charge is -2.14. The number of rotatable bonds is 7. The number of nitrogens with one attached hydrogen (secondary N) is 3. The third-order valence-corrected chi connectivity index (χ3v) is 4.68. The molecule has 31 heavy (non-hydrogen) atoms. The average molecular weight is 424 g/mol. The minimum Gasteiger partial charge on any atom is -0.493 e. The van der Waals surface area contributed by atoms with Crippen molar-refractivity contribution in [1.29, 1.82) is 0 Å². The number of aromatic nitrogens is 2. The molecule has 0 saturated heterocycles. The first-order valence-corrected chi connectivity index (χ1v) is 9.42. The summed E-state index contributed by atoms with van der Waals surface area (Å²) in [6.45, 7) is 3.62. The zero-order valence-electron chi connectivity index (χ0n) is 18.0. The summed E-state index contributed by atoms with van der Waals surface area (Å²) >= 11 is 0. The normalized spacial score (nSPS) is 10.4. The molecule has 1 aromatic heterocycles. The van der Waals surface area contributed by atoms with Crippen molar-refractivity contribution in [2.45, 2.75) is 13.8 Å². The van der Waals surface area contributed by atoms with Crippen LogP contribution in [0.5, 0.6) is 17.2 Å². The fourth-order valence-electron chi connectivity index (χ4n) is 3.07. The number of anilines is 2. The van der Waals surface area contributed by atoms with Crippen LogP contribution in [0.15, 0.2) is 36.4 Å². The molecule has 3 N–H and O–H groups in total. The molecule has 162 valence electrons. The number of aryl methyl sites for hydroxylation is 2. The van der Waals surface area contributed by atoms with Gasteiger partial charge in [-0.1, -0.05) is 6.07 Å². The number of nitrogens with zero attached hydrogens (tertiary/aromatic N) is 1. The van der Waals surface area contributed by atoms with Gasteiger partial charge in [-0.2, -0.15) is 5.10 Å². The van der Waals surface area contributed by atoms with E-state index < -0.39 is 5.91 Å². The highest BCUT2D eigenvalue weighted by Gasteiger charge is 2.18. The van der Waals surface area contributed by atoms with Crippen LogP contribution in [0, 0.1) is 13.8 Å². The van der Waals surface area contributed by atoms with Gasteiger partial charge in [0.25, 0.3) is 11.8 Å². The molecule has 0 radical (unpaired) electrons. The van der Waals surface area contributed by atoms with Crippen molar-refractivity contribution < 1.29 is 23.8 Å². The predicted octanol–water partition coefficient (Wildman–Crippen LogP) is 3.56. The lowest BCUT2D eigenvalue weighted by atomic mass is 10.1. The highest BCUT2D eigenvalue weighted by molar-refractivity contribution is 6.08. The number of ether oxygens (including phenoxy) is 3. The molecular formula is C22H24N4O5. The van der Waals surface area contributed by atoms with Crippen molar-refractivity contribution >= 4 is 23.2 Å². The standard InChI is InChI=1S/C22H24N4O5/c1-12-19(13(2)26-25-12)24-21(27)14-7-6-8-16(9-14)23-22(28)15-10-17(29-3)20(31-5)18(11-15)30-4/h6-11H,1-5H3,(H,23,28)(H,24,27)(H,25,26). The van der Waals surface area contributed by atoms with E-state index in [1.54, 1.807) is 43.3 Å². The molecule has 0 saturated carbocycles. The summed E-state index contributed by atoms with van der Waals surface area (Å²) in [7, 11) is 4.44. The molecule has 0 unspecified atom stereocenters. The second kappa shape index (κ2) is 9.21. The number of carbonyl (C=O) groups is 2. The number of methoxy groups -OCH3 is 3. The van der Waals surface area contributed by atoms with E-state index in [-0.39, 0.29) is 5.91 Å². The van der Waals surface area contributed by atoms with E-state index in [4.69, 9.17) is 14.2 Å². The van der Waals surface area contributed by atoms with Gasteiger partial charge < -0.3 is 24.8 Å². The Kier molecular flexibility index (Phi) is 6.44. The molecular weight excluding hydrogens is 400 g/mol. The van der Waals surface area contributed by atoms with Gasteiger partial charge in [0.05, 0.1) is 38.4 Å². The van der Waals surface area contributed by atoms with E-state index in [1.807, 2.05) is 6.92 Å². The summed E-state index contributed by atoms with van der Waals surface area (Å²) < 4.78 is 15.9. The zero-order valence-corrected chi connectivity index (χ0v) is 18.0. The van der Waals surface area contributed by atoms with Crippen molar-refractivity contribution in [3.05, 3.63) is 58.9 Å². The molecule has 0 atom stereocenters. The van der Waals surface area contributed by atoms with Gasteiger partial charge in [-0.15, -0.1) is 0 Å². The van der Waals surface area contributed by atoms with Crippen molar-refractivity contribution in [2.75, 3.05) is 32.0 Å². The summed E-state index contributed by atoms with van der Waals surface area (Å²) in [5, 5.41) is 12.5. The number of hydrogen-bond acceptors (Lipinski definition) is 6. The molecule has 0 aliphatic heterocycles. The van der Waals surface area contributed by atoms with E-state index in [9.17, 15) is 9.59 Å². The summed E-state index contributed by atoms with van der Waals surface area (Å²) in [6.07, 6.45) is 0. The van der Waals surface area contributed by atoms with Crippen LogP contribution in [0.4, 0.5) is 11.4 Å². The number of hydrogen-bond donors (Lipinski definition) is 3. The monoisotopic (exact) mass is 424 g/mol. The first-order valence-electron chi connectivity index (χ1n) is 9.42. The lowest BCUT2D eigenvalue weighted by Crippen LogP contribution is -2.15. The second-order valence-electron chi connectivity index (χ2n) is 6.71. The summed E-state index contributed by atoms with van der Waals surface area (Å²) in [5.41, 5.74) is 3.26. The molecule has 0 bridgehead atoms. The zero-order chi connectivity index (χ0) is 22.5. The largest absolute Gasteiger partial charge is 0.493 e. The Balaban J connectivity index is 1.81. The molecule has 0 fully saturated rings. The number of benzene rings is 2. The fraction of sp³-hybridized carbons (Fsp3) is 0.227. The first-order chi connectivity index (χ1) is 14.9. The van der Waals surface area contributed by atoms with Crippen LogP contribution in [0.25, 0.3) is 0 Å². The van der Waals surface area contributed by atoms with Gasteiger partial charge in [0.2, 0.25) is 5.75 Å². The van der Waals surface area contributed by atoms with Gasteiger partial charge in [-0.05, 0) is 44.2 Å². The first kappa shape index (κ1) is 21.7. The Hall–Kier alpha value is -4.01. The smallest absolute Gasteiger partial charge is 0.255 e. The van der Waals surface area contributed by atoms with Crippen LogP contribution in [-0.4, -0.2) is 43.3 Å². The maximum absolute atomic E-state index is 12.8. The second-order valence-corrected chi connectivity index (χ2v) is 6.71. The van der Waals surface area contributed by atoms with E-state index in [1.165, 1.54) is 21.3 Å². The summed E-state index contributed by atoms with van der Waals surface area (Å²) in [6, 6.07) is 9.75. The van der Waals surface area contributed by atoms with E-state index in [2.05, 4.69) is 20.8 Å². The van der Waals surface area contributed by atoms with Crippen LogP contribution < -0.4 is 24.8 Å². The van der Waals surface area contributed by atoms with Crippen molar-refractivity contribution in [3.63, 3.8) is 0 Å². The van der Waals surface area contributed by atoms with Crippen molar-refractivity contribution in [2.24, 2.45) is 0 Å². The van der Waals surface area contributed by atoms with Gasteiger partial charge in [0.1, 0.15) is 0 Å². The Labute approximate surface area is 179 Å². The van der Waals surface area contributed by atoms with Gasteiger partial charge >= 0.3 is 0 Å². The number of aromatic amines is 1. The fourth-order valence-corrected chi connectivity index (χ4v) is 3.07. The Bertz CT molecular complexity index is 1080. The molecule has 3 aromatic rings. The topological polar surface area (TPSA) is 115 Å². The molecule has 9 nitrogen and oxygen atoms in total. The van der Waals surface area contributed by atoms with Crippen LogP contribution in [-0.2, 0) is 0 Å². The highest BCUT2D eigenvalue weighted by atomic mass is 16.5. The molecule has 0 aliphatic rings. The minimum atomic E-state index is -0.390. The van der Waals surface area contributed by atoms with Gasteiger partial charge in [-0.25, -0.2) is 0 Å². The predicted molar refractivity (Wildman–Crippen MR) is 117 cm³/mol.